The highest BCUT2D eigenvalue weighted by Gasteiger charge is 2.24. The average molecular weight is 312 g/mol. The summed E-state index contributed by atoms with van der Waals surface area (Å²) in [4.78, 5) is 16.0. The minimum Gasteiger partial charge on any atom is -0.368 e. The number of nitrogens with one attached hydrogen (secondary N) is 1. The standard InChI is InChI=1S/C16H16N4O3/c1-11-6-8-12(9-7-11)16-17-19(2)15(18-23-16)13-4-3-5-14(10-13)20(21)22/h3-10,16-17H,1-2H3. The molecular weight excluding hydrogens is 296 g/mol. The number of hydrazine groups is 1. The van der Waals surface area contributed by atoms with E-state index in [9.17, 15) is 10.1 Å². The summed E-state index contributed by atoms with van der Waals surface area (Å²) < 4.78 is 0. The van der Waals surface area contributed by atoms with Crippen LogP contribution in [0.2, 0.25) is 0 Å². The molecule has 0 spiro atoms. The molecule has 2 aromatic carbocycles. The van der Waals surface area contributed by atoms with E-state index in [4.69, 9.17) is 4.84 Å². The highest BCUT2D eigenvalue weighted by atomic mass is 16.7. The minimum atomic E-state index is -0.434. The molecule has 7 nitrogen and oxygen atoms in total. The Bertz CT molecular complexity index is 758. The van der Waals surface area contributed by atoms with Gasteiger partial charge in [-0.1, -0.05) is 47.1 Å². The number of hydrogen-bond acceptors (Lipinski definition) is 6. The Balaban J connectivity index is 1.84. The zero-order valence-electron chi connectivity index (χ0n) is 12.8. The molecule has 1 unspecified atom stereocenters. The molecule has 1 N–H and O–H groups in total. The number of aryl methyl sites for hydroxylation is 1. The lowest BCUT2D eigenvalue weighted by Crippen LogP contribution is -2.46. The molecule has 0 amide bonds. The van der Waals surface area contributed by atoms with Gasteiger partial charge in [-0.3, -0.25) is 15.1 Å². The van der Waals surface area contributed by atoms with E-state index >= 15 is 0 Å². The van der Waals surface area contributed by atoms with Gasteiger partial charge in [-0.25, -0.2) is 0 Å². The van der Waals surface area contributed by atoms with E-state index in [0.29, 0.717) is 11.4 Å². The van der Waals surface area contributed by atoms with Crippen LogP contribution in [0.1, 0.15) is 22.9 Å². The lowest BCUT2D eigenvalue weighted by atomic mass is 10.1. The van der Waals surface area contributed by atoms with Gasteiger partial charge >= 0.3 is 0 Å². The van der Waals surface area contributed by atoms with Crippen LogP contribution in [0, 0.1) is 17.0 Å². The van der Waals surface area contributed by atoms with Gasteiger partial charge in [-0.15, -0.1) is 0 Å². The molecule has 0 radical (unpaired) electrons. The van der Waals surface area contributed by atoms with Crippen LogP contribution in [0.5, 0.6) is 0 Å². The number of benzene rings is 2. The van der Waals surface area contributed by atoms with Crippen LogP contribution in [-0.2, 0) is 4.84 Å². The number of hydrogen-bond donors (Lipinski definition) is 1. The van der Waals surface area contributed by atoms with Crippen molar-refractivity contribution in [2.45, 2.75) is 13.2 Å². The van der Waals surface area contributed by atoms with Gasteiger partial charge in [0.15, 0.2) is 5.84 Å². The number of oxime groups is 1. The van der Waals surface area contributed by atoms with E-state index in [2.05, 4.69) is 10.6 Å². The topological polar surface area (TPSA) is 80.0 Å². The first-order valence-corrected chi connectivity index (χ1v) is 7.10. The molecule has 23 heavy (non-hydrogen) atoms. The van der Waals surface area contributed by atoms with E-state index in [0.717, 1.165) is 5.56 Å². The summed E-state index contributed by atoms with van der Waals surface area (Å²) in [6.07, 6.45) is -0.400. The zero-order valence-corrected chi connectivity index (χ0v) is 12.8. The Morgan fingerprint density at radius 2 is 2.00 bits per heavy atom. The monoisotopic (exact) mass is 312 g/mol. The van der Waals surface area contributed by atoms with E-state index in [1.165, 1.54) is 17.7 Å². The molecule has 1 aliphatic rings. The third-order valence-corrected chi connectivity index (χ3v) is 3.57. The third kappa shape index (κ3) is 3.14. The van der Waals surface area contributed by atoms with Gasteiger partial charge in [0.25, 0.3) is 5.69 Å². The predicted octanol–water partition coefficient (Wildman–Crippen LogP) is 2.73. The van der Waals surface area contributed by atoms with Crippen LogP contribution in [0.25, 0.3) is 0 Å². The van der Waals surface area contributed by atoms with Crippen molar-refractivity contribution in [3.8, 4) is 0 Å². The molecule has 0 aromatic heterocycles. The first kappa shape index (κ1) is 15.0. The number of nitro groups is 1. The van der Waals surface area contributed by atoms with Crippen LogP contribution >= 0.6 is 0 Å². The molecule has 0 fully saturated rings. The zero-order chi connectivity index (χ0) is 16.4. The van der Waals surface area contributed by atoms with Crippen molar-refractivity contribution in [3.05, 3.63) is 75.3 Å². The number of amidine groups is 1. The smallest absolute Gasteiger partial charge is 0.270 e. The summed E-state index contributed by atoms with van der Waals surface area (Å²) in [5.74, 6) is 0.483. The molecule has 1 aliphatic heterocycles. The number of nitro benzene ring substituents is 1. The van der Waals surface area contributed by atoms with Gasteiger partial charge in [0.05, 0.1) is 4.92 Å². The lowest BCUT2D eigenvalue weighted by molar-refractivity contribution is -0.384. The van der Waals surface area contributed by atoms with E-state index in [1.54, 1.807) is 24.2 Å². The summed E-state index contributed by atoms with van der Waals surface area (Å²) in [5.41, 5.74) is 5.89. The molecule has 1 heterocycles. The Kier molecular flexibility index (Phi) is 3.94. The maximum absolute atomic E-state index is 10.9. The van der Waals surface area contributed by atoms with Gasteiger partial charge in [0.1, 0.15) is 0 Å². The van der Waals surface area contributed by atoms with Gasteiger partial charge in [-0.05, 0) is 6.92 Å². The molecular formula is C16H16N4O3. The lowest BCUT2D eigenvalue weighted by Gasteiger charge is -2.31. The largest absolute Gasteiger partial charge is 0.368 e. The van der Waals surface area contributed by atoms with Crippen LogP contribution in [0.3, 0.4) is 0 Å². The highest BCUT2D eigenvalue weighted by Crippen LogP contribution is 2.22. The summed E-state index contributed by atoms with van der Waals surface area (Å²) in [6.45, 7) is 2.02. The molecule has 0 aliphatic carbocycles. The summed E-state index contributed by atoms with van der Waals surface area (Å²) in [6, 6.07) is 14.2. The fourth-order valence-electron chi connectivity index (χ4n) is 2.31. The van der Waals surface area contributed by atoms with Crippen LogP contribution < -0.4 is 5.43 Å². The first-order chi connectivity index (χ1) is 11.0. The van der Waals surface area contributed by atoms with Gasteiger partial charge in [0, 0.05) is 30.3 Å². The highest BCUT2D eigenvalue weighted by molar-refractivity contribution is 5.98. The van der Waals surface area contributed by atoms with E-state index in [1.807, 2.05) is 31.2 Å². The molecule has 7 heteroatoms. The summed E-state index contributed by atoms with van der Waals surface area (Å²) >= 11 is 0. The minimum absolute atomic E-state index is 0.0132. The van der Waals surface area contributed by atoms with E-state index < -0.39 is 11.2 Å². The van der Waals surface area contributed by atoms with Gasteiger partial charge in [0.2, 0.25) is 6.23 Å². The fourth-order valence-corrected chi connectivity index (χ4v) is 2.31. The van der Waals surface area contributed by atoms with Crippen molar-refractivity contribution in [3.63, 3.8) is 0 Å². The Morgan fingerprint density at radius 3 is 2.65 bits per heavy atom. The Labute approximate surface area is 133 Å². The second kappa shape index (κ2) is 6.05. The quantitative estimate of drug-likeness (QED) is 0.696. The van der Waals surface area contributed by atoms with Crippen molar-refractivity contribution in [1.82, 2.24) is 10.4 Å². The van der Waals surface area contributed by atoms with Gasteiger partial charge in [-0.2, -0.15) is 5.43 Å². The maximum Gasteiger partial charge on any atom is 0.270 e. The second-order valence-electron chi connectivity index (χ2n) is 5.31. The van der Waals surface area contributed by atoms with Crippen LogP contribution in [-0.4, -0.2) is 22.8 Å². The van der Waals surface area contributed by atoms with Crippen molar-refractivity contribution in [1.29, 1.82) is 0 Å². The molecule has 2 aromatic rings. The third-order valence-electron chi connectivity index (χ3n) is 3.57. The van der Waals surface area contributed by atoms with Gasteiger partial charge < -0.3 is 4.84 Å². The van der Waals surface area contributed by atoms with E-state index in [-0.39, 0.29) is 5.69 Å². The second-order valence-corrected chi connectivity index (χ2v) is 5.31. The number of rotatable bonds is 3. The predicted molar refractivity (Wildman–Crippen MR) is 85.5 cm³/mol. The fraction of sp³-hybridized carbons (Fsp3) is 0.188. The Hall–Kier alpha value is -2.93. The molecule has 3 rings (SSSR count). The van der Waals surface area contributed by atoms with Crippen LogP contribution in [0.4, 0.5) is 5.69 Å². The van der Waals surface area contributed by atoms with Crippen molar-refractivity contribution in [2.75, 3.05) is 7.05 Å². The van der Waals surface area contributed by atoms with Crippen molar-refractivity contribution >= 4 is 11.5 Å². The molecule has 1 atom stereocenters. The van der Waals surface area contributed by atoms with Crippen molar-refractivity contribution < 1.29 is 9.76 Å². The van der Waals surface area contributed by atoms with Crippen molar-refractivity contribution in [2.24, 2.45) is 5.16 Å². The molecule has 0 bridgehead atoms. The molecule has 0 saturated carbocycles. The van der Waals surface area contributed by atoms with Crippen LogP contribution in [0.15, 0.2) is 53.7 Å². The maximum atomic E-state index is 10.9. The average Bonchev–Trinajstić information content (AvgIpc) is 2.55. The Morgan fingerprint density at radius 1 is 1.26 bits per heavy atom. The SMILES string of the molecule is Cc1ccc(C2NN(C)C(c3cccc([N+](=O)[O-])c3)=NO2)cc1. The summed E-state index contributed by atoms with van der Waals surface area (Å²) in [7, 11) is 1.79. The molecule has 118 valence electrons. The number of non-ortho nitro benzene ring substituents is 1. The summed E-state index contributed by atoms with van der Waals surface area (Å²) in [5, 5.41) is 16.7. The molecule has 0 saturated heterocycles. The number of nitrogens with zero attached hydrogens (tertiary/aromatic N) is 3. The normalized spacial score (nSPS) is 17.4. The first-order valence-electron chi connectivity index (χ1n) is 7.10.